The van der Waals surface area contributed by atoms with E-state index in [0.29, 0.717) is 12.8 Å². The van der Waals surface area contributed by atoms with Gasteiger partial charge in [0.2, 0.25) is 15.9 Å². The van der Waals surface area contributed by atoms with E-state index in [0.717, 1.165) is 44.2 Å². The molecule has 1 saturated heterocycles. The highest BCUT2D eigenvalue weighted by atomic mass is 32.2. The maximum absolute atomic E-state index is 12.6. The Morgan fingerprint density at radius 1 is 1.23 bits per heavy atom. The molecule has 0 bridgehead atoms. The minimum Gasteiger partial charge on any atom is -0.338 e. The maximum Gasteiger partial charge on any atom is 0.240 e. The van der Waals surface area contributed by atoms with Crippen LogP contribution in [0.5, 0.6) is 0 Å². The number of sulfonamides is 1. The topological polar surface area (TPSA) is 92.5 Å². The second-order valence-electron chi connectivity index (χ2n) is 7.55. The second-order valence-corrected chi connectivity index (χ2v) is 9.26. The standard InChI is InChI=1S/C19H29N3O3S/c1-14(20)18-4-2-3-13-22(18)19(23)12-7-15-5-10-17(11-6-15)26(24,25)21-16-8-9-16/h5-6,10-11,14,16,18,21H,2-4,7-9,12-13,20H2,1H3. The SMILES string of the molecule is CC(N)C1CCCCN1C(=O)CCc1ccc(S(=O)(=O)NC2CC2)cc1. The zero-order valence-electron chi connectivity index (χ0n) is 15.4. The zero-order valence-corrected chi connectivity index (χ0v) is 16.2. The number of benzene rings is 1. The van der Waals surface area contributed by atoms with E-state index >= 15 is 0 Å². The minimum absolute atomic E-state index is 0.0114. The molecular weight excluding hydrogens is 350 g/mol. The third-order valence-electron chi connectivity index (χ3n) is 5.24. The molecule has 1 heterocycles. The summed E-state index contributed by atoms with van der Waals surface area (Å²) in [6, 6.07) is 7.06. The molecule has 0 aromatic heterocycles. The maximum atomic E-state index is 12.6. The van der Waals surface area contributed by atoms with Crippen LogP contribution in [0, 0.1) is 0 Å². The van der Waals surface area contributed by atoms with E-state index in [1.807, 2.05) is 11.8 Å². The van der Waals surface area contributed by atoms with E-state index in [1.54, 1.807) is 24.3 Å². The van der Waals surface area contributed by atoms with Gasteiger partial charge in [-0.1, -0.05) is 12.1 Å². The van der Waals surface area contributed by atoms with Gasteiger partial charge < -0.3 is 10.6 Å². The van der Waals surface area contributed by atoms with Crippen molar-refractivity contribution in [3.8, 4) is 0 Å². The molecule has 2 fully saturated rings. The molecule has 6 nitrogen and oxygen atoms in total. The predicted octanol–water partition coefficient (Wildman–Crippen LogP) is 1.79. The van der Waals surface area contributed by atoms with Crippen LogP contribution in [0.1, 0.15) is 51.0 Å². The number of carbonyl (C=O) groups excluding carboxylic acids is 1. The van der Waals surface area contributed by atoms with Gasteiger partial charge in [0.1, 0.15) is 0 Å². The Hall–Kier alpha value is -1.44. The molecule has 1 aliphatic carbocycles. The highest BCUT2D eigenvalue weighted by molar-refractivity contribution is 7.89. The van der Waals surface area contributed by atoms with Crippen molar-refractivity contribution >= 4 is 15.9 Å². The van der Waals surface area contributed by atoms with Gasteiger partial charge in [-0.2, -0.15) is 0 Å². The van der Waals surface area contributed by atoms with Gasteiger partial charge in [0, 0.05) is 31.1 Å². The van der Waals surface area contributed by atoms with E-state index in [1.165, 1.54) is 0 Å². The number of hydrogen-bond donors (Lipinski definition) is 2. The van der Waals surface area contributed by atoms with Gasteiger partial charge in [-0.25, -0.2) is 13.1 Å². The number of rotatable bonds is 7. The van der Waals surface area contributed by atoms with E-state index in [9.17, 15) is 13.2 Å². The first-order chi connectivity index (χ1) is 12.4. The molecule has 1 aromatic rings. The number of nitrogens with two attached hydrogens (primary N) is 1. The molecule has 144 valence electrons. The van der Waals surface area contributed by atoms with Crippen molar-refractivity contribution in [2.75, 3.05) is 6.54 Å². The highest BCUT2D eigenvalue weighted by Crippen LogP contribution is 2.23. The van der Waals surface area contributed by atoms with Crippen LogP contribution in [-0.2, 0) is 21.2 Å². The van der Waals surface area contributed by atoms with Crippen molar-refractivity contribution in [2.24, 2.45) is 5.73 Å². The first-order valence-corrected chi connectivity index (χ1v) is 11.0. The number of nitrogens with zero attached hydrogens (tertiary/aromatic N) is 1. The summed E-state index contributed by atoms with van der Waals surface area (Å²) in [5, 5.41) is 0. The molecule has 2 aliphatic rings. The van der Waals surface area contributed by atoms with E-state index in [2.05, 4.69) is 4.72 Å². The lowest BCUT2D eigenvalue weighted by atomic mass is 9.96. The molecule has 26 heavy (non-hydrogen) atoms. The van der Waals surface area contributed by atoms with Crippen molar-refractivity contribution in [2.45, 2.75) is 74.9 Å². The molecule has 2 atom stereocenters. The average Bonchev–Trinajstić information content (AvgIpc) is 3.43. The number of piperidine rings is 1. The number of likely N-dealkylation sites (tertiary alicyclic amines) is 1. The fourth-order valence-electron chi connectivity index (χ4n) is 3.53. The third kappa shape index (κ3) is 4.84. The average molecular weight is 380 g/mol. The summed E-state index contributed by atoms with van der Waals surface area (Å²) in [4.78, 5) is 14.8. The molecule has 7 heteroatoms. The molecule has 0 radical (unpaired) electrons. The van der Waals surface area contributed by atoms with Crippen LogP contribution in [0.25, 0.3) is 0 Å². The Labute approximate surface area is 156 Å². The first kappa shape index (κ1) is 19.3. The molecular formula is C19H29N3O3S. The normalized spacial score (nSPS) is 22.2. The Bertz CT molecular complexity index is 727. The van der Waals surface area contributed by atoms with E-state index in [4.69, 9.17) is 5.73 Å². The summed E-state index contributed by atoms with van der Waals surface area (Å²) in [5.41, 5.74) is 7.01. The number of hydrogen-bond acceptors (Lipinski definition) is 4. The summed E-state index contributed by atoms with van der Waals surface area (Å²) in [7, 11) is -3.42. The molecule has 1 aromatic carbocycles. The Kier molecular flexibility index (Phi) is 5.99. The number of carbonyl (C=O) groups is 1. The van der Waals surface area contributed by atoms with Crippen molar-refractivity contribution in [1.82, 2.24) is 9.62 Å². The van der Waals surface area contributed by atoms with Crippen molar-refractivity contribution in [3.63, 3.8) is 0 Å². The molecule has 1 saturated carbocycles. The smallest absolute Gasteiger partial charge is 0.240 e. The minimum atomic E-state index is -3.42. The van der Waals surface area contributed by atoms with Crippen LogP contribution in [0.2, 0.25) is 0 Å². The van der Waals surface area contributed by atoms with Crippen molar-refractivity contribution in [1.29, 1.82) is 0 Å². The summed E-state index contributed by atoms with van der Waals surface area (Å²) >= 11 is 0. The van der Waals surface area contributed by atoms with Crippen molar-refractivity contribution in [3.05, 3.63) is 29.8 Å². The second kappa shape index (κ2) is 8.06. The van der Waals surface area contributed by atoms with Crippen LogP contribution in [-0.4, -0.2) is 43.9 Å². The fourth-order valence-corrected chi connectivity index (χ4v) is 4.84. The lowest BCUT2D eigenvalue weighted by molar-refractivity contribution is -0.135. The summed E-state index contributed by atoms with van der Waals surface area (Å²) < 4.78 is 27.0. The first-order valence-electron chi connectivity index (χ1n) is 9.53. The van der Waals surface area contributed by atoms with Gasteiger partial charge in [-0.15, -0.1) is 0 Å². The Balaban J connectivity index is 1.56. The van der Waals surface area contributed by atoms with Crippen LogP contribution in [0.4, 0.5) is 0 Å². The summed E-state index contributed by atoms with van der Waals surface area (Å²) in [6.07, 6.45) is 6.00. The van der Waals surface area contributed by atoms with Crippen LogP contribution in [0.15, 0.2) is 29.2 Å². The largest absolute Gasteiger partial charge is 0.338 e. The predicted molar refractivity (Wildman–Crippen MR) is 101 cm³/mol. The highest BCUT2D eigenvalue weighted by Gasteiger charge is 2.29. The number of amides is 1. The molecule has 2 unspecified atom stereocenters. The third-order valence-corrected chi connectivity index (χ3v) is 6.77. The van der Waals surface area contributed by atoms with E-state index < -0.39 is 10.0 Å². The monoisotopic (exact) mass is 379 g/mol. The van der Waals surface area contributed by atoms with Gasteiger partial charge >= 0.3 is 0 Å². The number of aryl methyl sites for hydroxylation is 1. The van der Waals surface area contributed by atoms with Gasteiger partial charge in [-0.3, -0.25) is 4.79 Å². The van der Waals surface area contributed by atoms with Crippen molar-refractivity contribution < 1.29 is 13.2 Å². The van der Waals surface area contributed by atoms with Gasteiger partial charge in [0.25, 0.3) is 0 Å². The molecule has 0 spiro atoms. The zero-order chi connectivity index (χ0) is 18.7. The van der Waals surface area contributed by atoms with Gasteiger partial charge in [-0.05, 0) is 63.1 Å². The molecule has 1 amide bonds. The summed E-state index contributed by atoms with van der Waals surface area (Å²) in [5.74, 6) is 0.138. The lowest BCUT2D eigenvalue weighted by Gasteiger charge is -2.38. The molecule has 3 N–H and O–H groups in total. The molecule has 1 aliphatic heterocycles. The fraction of sp³-hybridized carbons (Fsp3) is 0.632. The number of nitrogens with one attached hydrogen (secondary N) is 1. The molecule has 3 rings (SSSR count). The van der Waals surface area contributed by atoms with Gasteiger partial charge in [0.05, 0.1) is 4.90 Å². The summed E-state index contributed by atoms with van der Waals surface area (Å²) in [6.45, 7) is 2.75. The lowest BCUT2D eigenvalue weighted by Crippen LogP contribution is -2.51. The Morgan fingerprint density at radius 2 is 1.92 bits per heavy atom. The quantitative estimate of drug-likeness (QED) is 0.755. The Morgan fingerprint density at radius 3 is 2.54 bits per heavy atom. The van der Waals surface area contributed by atoms with Crippen LogP contribution in [0.3, 0.4) is 0 Å². The van der Waals surface area contributed by atoms with Gasteiger partial charge in [0.15, 0.2) is 0 Å². The van der Waals surface area contributed by atoms with E-state index in [-0.39, 0.29) is 28.9 Å². The van der Waals surface area contributed by atoms with Crippen LogP contribution < -0.4 is 10.5 Å². The van der Waals surface area contributed by atoms with Crippen LogP contribution >= 0.6 is 0 Å².